The molecule has 0 bridgehead atoms. The van der Waals surface area contributed by atoms with E-state index >= 15 is 0 Å². The summed E-state index contributed by atoms with van der Waals surface area (Å²) in [6.45, 7) is 0. The maximum atomic E-state index is 5.24. The molecule has 0 radical (unpaired) electrons. The maximum Gasteiger partial charge on any atom is 0.184 e. The standard InChI is InChI=1S/C11H10N4S/c12-11(16)15-14-7-8-3-4-9-2-1-5-13-10(9)6-8/h1-7H,(H3,12,15,16). The zero-order valence-electron chi connectivity index (χ0n) is 8.42. The molecule has 0 atom stereocenters. The van der Waals surface area contributed by atoms with Crippen molar-refractivity contribution < 1.29 is 0 Å². The number of pyridine rings is 1. The molecule has 0 amide bonds. The summed E-state index contributed by atoms with van der Waals surface area (Å²) >= 11 is 4.63. The molecule has 5 heteroatoms. The topological polar surface area (TPSA) is 63.3 Å². The van der Waals surface area contributed by atoms with Crippen LogP contribution in [0, 0.1) is 0 Å². The normalized spacial score (nSPS) is 10.8. The Bertz CT molecular complexity index is 550. The monoisotopic (exact) mass is 230 g/mol. The molecule has 0 unspecified atom stereocenters. The molecule has 4 nitrogen and oxygen atoms in total. The van der Waals surface area contributed by atoms with E-state index in [2.05, 4.69) is 27.7 Å². The van der Waals surface area contributed by atoms with Crippen molar-refractivity contribution in [1.29, 1.82) is 0 Å². The Kier molecular flexibility index (Phi) is 3.07. The zero-order valence-corrected chi connectivity index (χ0v) is 9.24. The highest BCUT2D eigenvalue weighted by molar-refractivity contribution is 7.80. The fraction of sp³-hybridized carbons (Fsp3) is 0. The Balaban J connectivity index is 2.26. The number of aromatic nitrogens is 1. The van der Waals surface area contributed by atoms with Gasteiger partial charge in [0.1, 0.15) is 0 Å². The molecule has 1 aromatic carbocycles. The van der Waals surface area contributed by atoms with Crippen LogP contribution in [0.4, 0.5) is 0 Å². The summed E-state index contributed by atoms with van der Waals surface area (Å²) < 4.78 is 0. The highest BCUT2D eigenvalue weighted by Gasteiger charge is 1.94. The lowest BCUT2D eigenvalue weighted by Gasteiger charge is -1.98. The first kappa shape index (κ1) is 10.5. The van der Waals surface area contributed by atoms with E-state index < -0.39 is 0 Å². The molecule has 16 heavy (non-hydrogen) atoms. The average Bonchev–Trinajstić information content (AvgIpc) is 2.28. The van der Waals surface area contributed by atoms with Gasteiger partial charge < -0.3 is 5.73 Å². The van der Waals surface area contributed by atoms with Crippen LogP contribution in [0.3, 0.4) is 0 Å². The highest BCUT2D eigenvalue weighted by Crippen LogP contribution is 2.11. The van der Waals surface area contributed by atoms with Gasteiger partial charge in [-0.25, -0.2) is 0 Å². The lowest BCUT2D eigenvalue weighted by Crippen LogP contribution is -2.23. The number of rotatable bonds is 2. The largest absolute Gasteiger partial charge is 0.375 e. The molecule has 80 valence electrons. The van der Waals surface area contributed by atoms with Crippen molar-refractivity contribution in [3.05, 3.63) is 42.1 Å². The van der Waals surface area contributed by atoms with Gasteiger partial charge in [-0.2, -0.15) is 5.10 Å². The molecular weight excluding hydrogens is 220 g/mol. The Hall–Kier alpha value is -2.01. The first-order valence-electron chi connectivity index (χ1n) is 4.69. The first-order valence-corrected chi connectivity index (χ1v) is 5.10. The van der Waals surface area contributed by atoms with Crippen LogP contribution in [0.5, 0.6) is 0 Å². The number of thiocarbonyl (C=S) groups is 1. The molecule has 2 rings (SSSR count). The van der Waals surface area contributed by atoms with Crippen molar-refractivity contribution in [3.8, 4) is 0 Å². The van der Waals surface area contributed by atoms with Gasteiger partial charge in [0, 0.05) is 11.6 Å². The summed E-state index contributed by atoms with van der Waals surface area (Å²) in [6.07, 6.45) is 3.41. The van der Waals surface area contributed by atoms with Gasteiger partial charge in [0.2, 0.25) is 0 Å². The van der Waals surface area contributed by atoms with Crippen molar-refractivity contribution in [1.82, 2.24) is 10.4 Å². The third-order valence-corrected chi connectivity index (χ3v) is 2.11. The van der Waals surface area contributed by atoms with E-state index in [0.717, 1.165) is 16.5 Å². The van der Waals surface area contributed by atoms with Crippen molar-refractivity contribution in [2.45, 2.75) is 0 Å². The molecule has 0 saturated heterocycles. The van der Waals surface area contributed by atoms with Gasteiger partial charge in [-0.1, -0.05) is 18.2 Å². The fourth-order valence-corrected chi connectivity index (χ4v) is 1.39. The van der Waals surface area contributed by atoms with E-state index in [9.17, 15) is 0 Å². The molecule has 0 aliphatic heterocycles. The number of nitrogens with one attached hydrogen (secondary N) is 1. The smallest absolute Gasteiger partial charge is 0.184 e. The lowest BCUT2D eigenvalue weighted by atomic mass is 10.1. The minimum atomic E-state index is 0.148. The Morgan fingerprint density at radius 1 is 1.44 bits per heavy atom. The summed E-state index contributed by atoms with van der Waals surface area (Å²) in [5.74, 6) is 0. The summed E-state index contributed by atoms with van der Waals surface area (Å²) in [6, 6.07) is 9.81. The third kappa shape index (κ3) is 2.52. The SMILES string of the molecule is NC(=S)NN=Cc1ccc2cccnc2c1. The van der Waals surface area contributed by atoms with Gasteiger partial charge in [-0.05, 0) is 29.9 Å². The number of nitrogens with two attached hydrogens (primary N) is 1. The summed E-state index contributed by atoms with van der Waals surface area (Å²) in [5, 5.41) is 5.13. The number of nitrogens with zero attached hydrogens (tertiary/aromatic N) is 2. The van der Waals surface area contributed by atoms with Crippen LogP contribution >= 0.6 is 12.2 Å². The zero-order chi connectivity index (χ0) is 11.4. The van der Waals surface area contributed by atoms with Gasteiger partial charge in [-0.3, -0.25) is 10.4 Å². The van der Waals surface area contributed by atoms with Gasteiger partial charge in [0.15, 0.2) is 5.11 Å². The predicted octanol–water partition coefficient (Wildman–Crippen LogP) is 1.40. The van der Waals surface area contributed by atoms with Crippen LogP contribution in [-0.4, -0.2) is 16.3 Å². The molecule has 1 aromatic heterocycles. The molecule has 0 aliphatic carbocycles. The lowest BCUT2D eigenvalue weighted by molar-refractivity contribution is 1.04. The van der Waals surface area contributed by atoms with E-state index in [1.165, 1.54) is 0 Å². The summed E-state index contributed by atoms with van der Waals surface area (Å²) in [7, 11) is 0. The molecule has 0 saturated carbocycles. The van der Waals surface area contributed by atoms with Crippen LogP contribution in [0.25, 0.3) is 10.9 Å². The summed E-state index contributed by atoms with van der Waals surface area (Å²) in [4.78, 5) is 4.25. The van der Waals surface area contributed by atoms with Crippen LogP contribution in [0.15, 0.2) is 41.6 Å². The van der Waals surface area contributed by atoms with E-state index in [1.807, 2.05) is 30.3 Å². The minimum Gasteiger partial charge on any atom is -0.375 e. The van der Waals surface area contributed by atoms with Gasteiger partial charge in [0.25, 0.3) is 0 Å². The Labute approximate surface area is 98.2 Å². The molecule has 3 N–H and O–H groups in total. The number of benzene rings is 1. The molecule has 0 spiro atoms. The van der Waals surface area contributed by atoms with Crippen LogP contribution in [-0.2, 0) is 0 Å². The highest BCUT2D eigenvalue weighted by atomic mass is 32.1. The van der Waals surface area contributed by atoms with E-state index in [-0.39, 0.29) is 5.11 Å². The second-order valence-corrected chi connectivity index (χ2v) is 3.63. The van der Waals surface area contributed by atoms with Crippen molar-refractivity contribution in [3.63, 3.8) is 0 Å². The minimum absolute atomic E-state index is 0.148. The third-order valence-electron chi connectivity index (χ3n) is 2.02. The number of hydrogen-bond acceptors (Lipinski definition) is 3. The van der Waals surface area contributed by atoms with Crippen LogP contribution < -0.4 is 11.2 Å². The van der Waals surface area contributed by atoms with Crippen LogP contribution in [0.1, 0.15) is 5.56 Å². The van der Waals surface area contributed by atoms with Crippen LogP contribution in [0.2, 0.25) is 0 Å². The van der Waals surface area contributed by atoms with Gasteiger partial charge in [0.05, 0.1) is 11.7 Å². The van der Waals surface area contributed by atoms with E-state index in [0.29, 0.717) is 0 Å². The Morgan fingerprint density at radius 2 is 2.31 bits per heavy atom. The quantitative estimate of drug-likeness (QED) is 0.465. The molecule has 1 heterocycles. The summed E-state index contributed by atoms with van der Waals surface area (Å²) in [5.41, 5.74) is 9.61. The van der Waals surface area contributed by atoms with E-state index in [4.69, 9.17) is 5.73 Å². The fourth-order valence-electron chi connectivity index (χ4n) is 1.33. The van der Waals surface area contributed by atoms with Gasteiger partial charge in [-0.15, -0.1) is 0 Å². The van der Waals surface area contributed by atoms with E-state index in [1.54, 1.807) is 12.4 Å². The first-order chi connectivity index (χ1) is 7.75. The molecular formula is C11H10N4S. The molecule has 0 aliphatic rings. The maximum absolute atomic E-state index is 5.24. The van der Waals surface area contributed by atoms with Gasteiger partial charge >= 0.3 is 0 Å². The van der Waals surface area contributed by atoms with Crippen molar-refractivity contribution >= 4 is 34.4 Å². The van der Waals surface area contributed by atoms with Crippen molar-refractivity contribution in [2.24, 2.45) is 10.8 Å². The Morgan fingerprint density at radius 3 is 3.12 bits per heavy atom. The predicted molar refractivity (Wildman–Crippen MR) is 69.3 cm³/mol. The number of hydrogen-bond donors (Lipinski definition) is 2. The molecule has 0 fully saturated rings. The number of fused-ring (bicyclic) bond motifs is 1. The average molecular weight is 230 g/mol. The number of hydrazone groups is 1. The molecule has 2 aromatic rings. The second kappa shape index (κ2) is 4.67. The second-order valence-electron chi connectivity index (χ2n) is 3.19. The van der Waals surface area contributed by atoms with Crippen molar-refractivity contribution in [2.75, 3.05) is 0 Å².